The maximum atomic E-state index is 11.4. The molecule has 0 saturated heterocycles. The molecular weight excluding hydrogens is 377 g/mol. The van der Waals surface area contributed by atoms with Crippen LogP contribution in [-0.2, 0) is 11.2 Å². The predicted octanol–water partition coefficient (Wildman–Crippen LogP) is 4.33. The average molecular weight is 387 g/mol. The third kappa shape index (κ3) is 2.69. The topological polar surface area (TPSA) is 49.3 Å². The van der Waals surface area contributed by atoms with Gasteiger partial charge in [0.15, 0.2) is 0 Å². The number of amides is 1. The highest BCUT2D eigenvalue weighted by atomic mass is 79.9. The van der Waals surface area contributed by atoms with Gasteiger partial charge in [0.2, 0.25) is 5.91 Å². The van der Waals surface area contributed by atoms with Crippen molar-refractivity contribution >= 4 is 50.7 Å². The van der Waals surface area contributed by atoms with E-state index in [9.17, 15) is 9.90 Å². The van der Waals surface area contributed by atoms with Gasteiger partial charge in [-0.15, -0.1) is 0 Å². The van der Waals surface area contributed by atoms with Crippen molar-refractivity contribution < 1.29 is 9.90 Å². The molecule has 0 radical (unpaired) electrons. The van der Waals surface area contributed by atoms with Crippen LogP contribution < -0.4 is 5.32 Å². The Morgan fingerprint density at radius 1 is 1.24 bits per heavy atom. The van der Waals surface area contributed by atoms with Crippen molar-refractivity contribution in [1.29, 1.82) is 0 Å². The van der Waals surface area contributed by atoms with Gasteiger partial charge in [0.25, 0.3) is 0 Å². The van der Waals surface area contributed by atoms with Crippen molar-refractivity contribution in [3.63, 3.8) is 0 Å². The zero-order valence-electron chi connectivity index (χ0n) is 10.7. The Labute approximate surface area is 140 Å². The van der Waals surface area contributed by atoms with Crippen LogP contribution in [0.2, 0.25) is 10.0 Å². The SMILES string of the molecule is O=C1Cc2cc(C(O)c3cccc(Br)c3Cl)c(Cl)cc2N1. The molecule has 0 bridgehead atoms. The Morgan fingerprint density at radius 2 is 2.00 bits per heavy atom. The number of aliphatic hydroxyl groups excluding tert-OH is 1. The fourth-order valence-corrected chi connectivity index (χ4v) is 3.25. The smallest absolute Gasteiger partial charge is 0.228 e. The molecule has 0 fully saturated rings. The molecule has 2 N–H and O–H groups in total. The number of fused-ring (bicyclic) bond motifs is 1. The molecule has 0 aliphatic carbocycles. The number of hydrogen-bond acceptors (Lipinski definition) is 2. The first kappa shape index (κ1) is 14.9. The molecular formula is C15H10BrCl2NO2. The monoisotopic (exact) mass is 385 g/mol. The predicted molar refractivity (Wildman–Crippen MR) is 87.0 cm³/mol. The molecule has 108 valence electrons. The molecule has 3 rings (SSSR count). The van der Waals surface area contributed by atoms with Crippen LogP contribution in [0.3, 0.4) is 0 Å². The molecule has 1 amide bonds. The van der Waals surface area contributed by atoms with E-state index in [1.165, 1.54) is 0 Å². The Kier molecular flexibility index (Phi) is 3.97. The molecule has 2 aromatic rings. The van der Waals surface area contributed by atoms with Gasteiger partial charge >= 0.3 is 0 Å². The molecule has 1 aliphatic heterocycles. The highest BCUT2D eigenvalue weighted by Gasteiger charge is 2.24. The summed E-state index contributed by atoms with van der Waals surface area (Å²) in [6.45, 7) is 0. The van der Waals surface area contributed by atoms with Crippen LogP contribution in [0.25, 0.3) is 0 Å². The van der Waals surface area contributed by atoms with E-state index in [0.29, 0.717) is 37.8 Å². The van der Waals surface area contributed by atoms with E-state index in [0.717, 1.165) is 5.56 Å². The fourth-order valence-electron chi connectivity index (χ4n) is 2.38. The lowest BCUT2D eigenvalue weighted by atomic mass is 9.98. The third-order valence-electron chi connectivity index (χ3n) is 3.42. The summed E-state index contributed by atoms with van der Waals surface area (Å²) in [6.07, 6.45) is -0.665. The van der Waals surface area contributed by atoms with Gasteiger partial charge in [-0.3, -0.25) is 4.79 Å². The molecule has 1 atom stereocenters. The van der Waals surface area contributed by atoms with Crippen molar-refractivity contribution in [1.82, 2.24) is 0 Å². The lowest BCUT2D eigenvalue weighted by Gasteiger charge is -2.16. The standard InChI is InChI=1S/C15H10BrCl2NO2/c16-10-3-1-2-8(14(10)18)15(21)9-4-7-5-13(20)19-12(7)6-11(9)17/h1-4,6,15,21H,5H2,(H,19,20). The van der Waals surface area contributed by atoms with Crippen molar-refractivity contribution in [2.75, 3.05) is 5.32 Å². The van der Waals surface area contributed by atoms with Crippen LogP contribution in [0.15, 0.2) is 34.8 Å². The highest BCUT2D eigenvalue weighted by molar-refractivity contribution is 9.10. The second-order valence-corrected chi connectivity index (χ2v) is 6.44. The Bertz CT molecular complexity index is 749. The minimum atomic E-state index is -0.955. The number of carbonyl (C=O) groups is 1. The van der Waals surface area contributed by atoms with E-state index in [1.807, 2.05) is 0 Å². The van der Waals surface area contributed by atoms with Crippen molar-refractivity contribution in [3.8, 4) is 0 Å². The molecule has 2 aromatic carbocycles. The van der Waals surface area contributed by atoms with Crippen LogP contribution in [0.5, 0.6) is 0 Å². The first-order valence-electron chi connectivity index (χ1n) is 6.21. The summed E-state index contributed by atoms with van der Waals surface area (Å²) in [4.78, 5) is 11.4. The second-order valence-electron chi connectivity index (χ2n) is 4.80. The second kappa shape index (κ2) is 5.61. The lowest BCUT2D eigenvalue weighted by Crippen LogP contribution is -2.03. The zero-order valence-corrected chi connectivity index (χ0v) is 13.8. The average Bonchev–Trinajstić information content (AvgIpc) is 2.79. The number of benzene rings is 2. The number of carbonyl (C=O) groups excluding carboxylic acids is 1. The Balaban J connectivity index is 2.06. The van der Waals surface area contributed by atoms with Crippen molar-refractivity contribution in [3.05, 3.63) is 61.5 Å². The minimum Gasteiger partial charge on any atom is -0.384 e. The van der Waals surface area contributed by atoms with E-state index in [-0.39, 0.29) is 5.91 Å². The molecule has 1 unspecified atom stereocenters. The molecule has 21 heavy (non-hydrogen) atoms. The largest absolute Gasteiger partial charge is 0.384 e. The van der Waals surface area contributed by atoms with Crippen LogP contribution in [0.1, 0.15) is 22.8 Å². The van der Waals surface area contributed by atoms with Crippen molar-refractivity contribution in [2.45, 2.75) is 12.5 Å². The summed E-state index contributed by atoms with van der Waals surface area (Å²) in [7, 11) is 0. The van der Waals surface area contributed by atoms with Crippen molar-refractivity contribution in [2.24, 2.45) is 0 Å². The number of hydrogen-bond donors (Lipinski definition) is 2. The molecule has 1 aliphatic rings. The molecule has 6 heteroatoms. The summed E-state index contributed by atoms with van der Waals surface area (Å²) in [6, 6.07) is 8.74. The molecule has 3 nitrogen and oxygen atoms in total. The van der Waals surface area contributed by atoms with Crippen LogP contribution >= 0.6 is 39.1 Å². The fraction of sp³-hybridized carbons (Fsp3) is 0.133. The summed E-state index contributed by atoms with van der Waals surface area (Å²) in [5.74, 6) is -0.0757. The summed E-state index contributed by atoms with van der Waals surface area (Å²) in [5.41, 5.74) is 2.61. The molecule has 1 heterocycles. The molecule has 0 aromatic heterocycles. The van der Waals surface area contributed by atoms with Gasteiger partial charge in [0.1, 0.15) is 6.10 Å². The van der Waals surface area contributed by atoms with Gasteiger partial charge in [-0.1, -0.05) is 35.3 Å². The van der Waals surface area contributed by atoms with Gasteiger partial charge < -0.3 is 10.4 Å². The summed E-state index contributed by atoms with van der Waals surface area (Å²) >= 11 is 15.8. The quantitative estimate of drug-likeness (QED) is 0.806. The van der Waals surface area contributed by atoms with Crippen LogP contribution in [-0.4, -0.2) is 11.0 Å². The first-order valence-corrected chi connectivity index (χ1v) is 7.76. The maximum Gasteiger partial charge on any atom is 0.228 e. The number of halogens is 3. The zero-order chi connectivity index (χ0) is 15.1. The van der Waals surface area contributed by atoms with Gasteiger partial charge in [0.05, 0.1) is 11.4 Å². The van der Waals surface area contributed by atoms with E-state index in [4.69, 9.17) is 23.2 Å². The van der Waals surface area contributed by atoms with Gasteiger partial charge in [0, 0.05) is 26.3 Å². The number of nitrogens with one attached hydrogen (secondary N) is 1. The third-order valence-corrected chi connectivity index (χ3v) is 5.06. The van der Waals surface area contributed by atoms with E-state index in [1.54, 1.807) is 30.3 Å². The van der Waals surface area contributed by atoms with Gasteiger partial charge in [-0.2, -0.15) is 0 Å². The van der Waals surface area contributed by atoms with Crippen LogP contribution in [0, 0.1) is 0 Å². The normalized spacial score (nSPS) is 14.8. The van der Waals surface area contributed by atoms with E-state index >= 15 is 0 Å². The number of anilines is 1. The lowest BCUT2D eigenvalue weighted by molar-refractivity contribution is -0.115. The Morgan fingerprint density at radius 3 is 2.76 bits per heavy atom. The summed E-state index contributed by atoms with van der Waals surface area (Å²) in [5, 5.41) is 14.1. The van der Waals surface area contributed by atoms with Gasteiger partial charge in [-0.05, 0) is 39.7 Å². The highest BCUT2D eigenvalue weighted by Crippen LogP contribution is 2.38. The Hall–Kier alpha value is -1.07. The first-order chi connectivity index (χ1) is 9.97. The summed E-state index contributed by atoms with van der Waals surface area (Å²) < 4.78 is 0.704. The van der Waals surface area contributed by atoms with Gasteiger partial charge in [-0.25, -0.2) is 0 Å². The number of rotatable bonds is 2. The minimum absolute atomic E-state index is 0.0757. The van der Waals surface area contributed by atoms with E-state index in [2.05, 4.69) is 21.2 Å². The number of aliphatic hydroxyl groups is 1. The van der Waals surface area contributed by atoms with E-state index < -0.39 is 6.10 Å². The molecule has 0 saturated carbocycles. The molecule has 0 spiro atoms. The van der Waals surface area contributed by atoms with Crippen LogP contribution in [0.4, 0.5) is 5.69 Å². The maximum absolute atomic E-state index is 11.4.